The largest absolute Gasteiger partial charge is 0.493 e. The molecule has 1 amide bonds. The van der Waals surface area contributed by atoms with Crippen LogP contribution in [0.15, 0.2) is 77.7 Å². The van der Waals surface area contributed by atoms with E-state index in [0.29, 0.717) is 23.9 Å². The first-order chi connectivity index (χ1) is 16.8. The van der Waals surface area contributed by atoms with Crippen LogP contribution < -0.4 is 23.8 Å². The summed E-state index contributed by atoms with van der Waals surface area (Å²) in [4.78, 5) is 13.2. The fourth-order valence-electron chi connectivity index (χ4n) is 3.58. The summed E-state index contributed by atoms with van der Waals surface area (Å²) in [6, 6.07) is 19.7. The lowest BCUT2D eigenvalue weighted by molar-refractivity contribution is -0.120. The van der Waals surface area contributed by atoms with Gasteiger partial charge in [0, 0.05) is 0 Å². The van der Waals surface area contributed by atoms with Gasteiger partial charge in [0.25, 0.3) is 10.0 Å². The van der Waals surface area contributed by atoms with E-state index in [9.17, 15) is 13.2 Å². The predicted molar refractivity (Wildman–Crippen MR) is 135 cm³/mol. The quantitative estimate of drug-likeness (QED) is 0.426. The lowest BCUT2D eigenvalue weighted by atomic mass is 10.1. The van der Waals surface area contributed by atoms with E-state index in [1.54, 1.807) is 61.7 Å². The number of nitrogens with one attached hydrogen (secondary N) is 1. The van der Waals surface area contributed by atoms with Crippen molar-refractivity contribution in [2.24, 2.45) is 0 Å². The number of hydrogen-bond acceptors (Lipinski definition) is 6. The number of carbonyl (C=O) groups excluding carboxylic acids is 1. The molecule has 1 unspecified atom stereocenters. The number of sulfonamides is 1. The van der Waals surface area contributed by atoms with Crippen LogP contribution in [0.1, 0.15) is 25.5 Å². The van der Waals surface area contributed by atoms with Crippen LogP contribution in [0, 0.1) is 0 Å². The summed E-state index contributed by atoms with van der Waals surface area (Å²) in [7, 11) is -0.973. The number of methoxy groups -OCH3 is 2. The molecule has 0 aromatic heterocycles. The second kappa shape index (κ2) is 11.6. The summed E-state index contributed by atoms with van der Waals surface area (Å²) in [5, 5.41) is 2.88. The SMILES string of the molecule is CCOc1ccccc1N(CC(=O)NC(C)c1ccc(OC)c(OC)c1)S(=O)(=O)c1ccccc1. The van der Waals surface area contributed by atoms with Gasteiger partial charge in [0.05, 0.1) is 37.5 Å². The van der Waals surface area contributed by atoms with Gasteiger partial charge < -0.3 is 19.5 Å². The van der Waals surface area contributed by atoms with Crippen LogP contribution >= 0.6 is 0 Å². The molecular formula is C26H30N2O6S. The molecule has 8 nitrogen and oxygen atoms in total. The molecule has 35 heavy (non-hydrogen) atoms. The van der Waals surface area contributed by atoms with E-state index in [-0.39, 0.29) is 10.6 Å². The molecule has 0 bridgehead atoms. The standard InChI is InChI=1S/C26H30N2O6S/c1-5-34-23-14-10-9-13-22(23)28(35(30,31)21-11-7-6-8-12-21)18-26(29)27-19(2)20-15-16-24(32-3)25(17-20)33-4/h6-17,19H,5,18H2,1-4H3,(H,27,29). The van der Waals surface area contributed by atoms with Crippen molar-refractivity contribution in [1.29, 1.82) is 0 Å². The average molecular weight is 499 g/mol. The van der Waals surface area contributed by atoms with Crippen LogP contribution in [0.5, 0.6) is 17.2 Å². The average Bonchev–Trinajstić information content (AvgIpc) is 2.88. The van der Waals surface area contributed by atoms with Crippen molar-refractivity contribution >= 4 is 21.6 Å². The zero-order valence-electron chi connectivity index (χ0n) is 20.2. The third-order valence-electron chi connectivity index (χ3n) is 5.34. The Kier molecular flexibility index (Phi) is 8.59. The fraction of sp³-hybridized carbons (Fsp3) is 0.269. The maximum absolute atomic E-state index is 13.6. The lowest BCUT2D eigenvalue weighted by Crippen LogP contribution is -2.41. The highest BCUT2D eigenvalue weighted by Crippen LogP contribution is 2.33. The first-order valence-electron chi connectivity index (χ1n) is 11.1. The summed E-state index contributed by atoms with van der Waals surface area (Å²) < 4.78 is 44.5. The van der Waals surface area contributed by atoms with Crippen LogP contribution in [0.4, 0.5) is 5.69 Å². The minimum Gasteiger partial charge on any atom is -0.493 e. The molecule has 0 fully saturated rings. The summed E-state index contributed by atoms with van der Waals surface area (Å²) in [5.74, 6) is 1.00. The molecule has 1 atom stereocenters. The Hall–Kier alpha value is -3.72. The van der Waals surface area contributed by atoms with E-state index in [1.807, 2.05) is 19.9 Å². The van der Waals surface area contributed by atoms with Crippen LogP contribution in [0.25, 0.3) is 0 Å². The molecule has 0 aliphatic heterocycles. The van der Waals surface area contributed by atoms with Crippen molar-refractivity contribution in [3.63, 3.8) is 0 Å². The molecule has 0 radical (unpaired) electrons. The van der Waals surface area contributed by atoms with Gasteiger partial charge in [0.15, 0.2) is 11.5 Å². The number of rotatable bonds is 11. The summed E-state index contributed by atoms with van der Waals surface area (Å²) in [6.45, 7) is 3.53. The highest BCUT2D eigenvalue weighted by atomic mass is 32.2. The van der Waals surface area contributed by atoms with Crippen LogP contribution in [0.3, 0.4) is 0 Å². The summed E-state index contributed by atoms with van der Waals surface area (Å²) in [6.07, 6.45) is 0. The Morgan fingerprint density at radius 3 is 2.23 bits per heavy atom. The minimum absolute atomic E-state index is 0.0760. The number of carbonyl (C=O) groups is 1. The van der Waals surface area contributed by atoms with Crippen LogP contribution in [-0.4, -0.2) is 41.7 Å². The second-order valence-corrected chi connectivity index (χ2v) is 9.49. The Labute approximate surface area is 206 Å². The van der Waals surface area contributed by atoms with Crippen molar-refractivity contribution in [2.75, 3.05) is 31.7 Å². The molecule has 1 N–H and O–H groups in total. The number of nitrogens with zero attached hydrogens (tertiary/aromatic N) is 1. The molecule has 0 aliphatic carbocycles. The summed E-state index contributed by atoms with van der Waals surface area (Å²) in [5.41, 5.74) is 1.07. The molecule has 9 heteroatoms. The zero-order chi connectivity index (χ0) is 25.4. The molecule has 3 rings (SSSR count). The number of para-hydroxylation sites is 2. The van der Waals surface area contributed by atoms with Gasteiger partial charge in [-0.05, 0) is 55.8 Å². The maximum atomic E-state index is 13.6. The van der Waals surface area contributed by atoms with Crippen molar-refractivity contribution in [3.05, 3.63) is 78.4 Å². The van der Waals surface area contributed by atoms with E-state index in [2.05, 4.69) is 5.32 Å². The van der Waals surface area contributed by atoms with E-state index in [0.717, 1.165) is 9.87 Å². The molecule has 3 aromatic carbocycles. The number of benzene rings is 3. The number of hydrogen-bond donors (Lipinski definition) is 1. The zero-order valence-corrected chi connectivity index (χ0v) is 21.0. The second-order valence-electron chi connectivity index (χ2n) is 7.63. The molecule has 0 heterocycles. The molecule has 0 saturated heterocycles. The van der Waals surface area contributed by atoms with Crippen molar-refractivity contribution in [3.8, 4) is 17.2 Å². The molecule has 3 aromatic rings. The Morgan fingerprint density at radius 2 is 1.57 bits per heavy atom. The number of anilines is 1. The van der Waals surface area contributed by atoms with Gasteiger partial charge in [0.2, 0.25) is 5.91 Å². The fourth-order valence-corrected chi connectivity index (χ4v) is 5.04. The van der Waals surface area contributed by atoms with E-state index in [1.165, 1.54) is 19.2 Å². The molecule has 186 valence electrons. The van der Waals surface area contributed by atoms with Gasteiger partial charge in [-0.1, -0.05) is 36.4 Å². The van der Waals surface area contributed by atoms with Gasteiger partial charge in [-0.2, -0.15) is 0 Å². The minimum atomic E-state index is -4.05. The van der Waals surface area contributed by atoms with Crippen molar-refractivity contribution < 1.29 is 27.4 Å². The molecule has 0 aliphatic rings. The first kappa shape index (κ1) is 25.9. The Morgan fingerprint density at radius 1 is 0.914 bits per heavy atom. The molecular weight excluding hydrogens is 468 g/mol. The van der Waals surface area contributed by atoms with Gasteiger partial charge in [-0.3, -0.25) is 9.10 Å². The van der Waals surface area contributed by atoms with Crippen LogP contribution in [-0.2, 0) is 14.8 Å². The lowest BCUT2D eigenvalue weighted by Gasteiger charge is -2.26. The topological polar surface area (TPSA) is 94.2 Å². The van der Waals surface area contributed by atoms with E-state index >= 15 is 0 Å². The van der Waals surface area contributed by atoms with Crippen molar-refractivity contribution in [1.82, 2.24) is 5.32 Å². The highest BCUT2D eigenvalue weighted by molar-refractivity contribution is 7.92. The van der Waals surface area contributed by atoms with Gasteiger partial charge in [-0.25, -0.2) is 8.42 Å². The van der Waals surface area contributed by atoms with Gasteiger partial charge in [0.1, 0.15) is 12.3 Å². The normalized spacial score (nSPS) is 11.9. The van der Waals surface area contributed by atoms with E-state index in [4.69, 9.17) is 14.2 Å². The number of amides is 1. The van der Waals surface area contributed by atoms with Crippen LogP contribution in [0.2, 0.25) is 0 Å². The Bertz CT molecular complexity index is 1250. The van der Waals surface area contributed by atoms with Gasteiger partial charge >= 0.3 is 0 Å². The predicted octanol–water partition coefficient (Wildman–Crippen LogP) is 4.18. The van der Waals surface area contributed by atoms with Gasteiger partial charge in [-0.15, -0.1) is 0 Å². The third-order valence-corrected chi connectivity index (χ3v) is 7.11. The molecule has 0 saturated carbocycles. The molecule has 0 spiro atoms. The monoisotopic (exact) mass is 498 g/mol. The smallest absolute Gasteiger partial charge is 0.264 e. The van der Waals surface area contributed by atoms with E-state index < -0.39 is 28.5 Å². The first-order valence-corrected chi connectivity index (χ1v) is 12.6. The Balaban J connectivity index is 1.91. The maximum Gasteiger partial charge on any atom is 0.264 e. The third kappa shape index (κ3) is 6.05. The van der Waals surface area contributed by atoms with Crippen molar-refractivity contribution in [2.45, 2.75) is 24.8 Å². The summed E-state index contributed by atoms with van der Waals surface area (Å²) >= 11 is 0. The highest BCUT2D eigenvalue weighted by Gasteiger charge is 2.29. The number of ether oxygens (including phenoxy) is 3.